The van der Waals surface area contributed by atoms with E-state index in [1.165, 1.54) is 12.3 Å². The van der Waals surface area contributed by atoms with Crippen molar-refractivity contribution in [2.24, 2.45) is 5.92 Å². The van der Waals surface area contributed by atoms with E-state index in [-0.39, 0.29) is 30.2 Å². The summed E-state index contributed by atoms with van der Waals surface area (Å²) in [5.41, 5.74) is -0.739. The highest BCUT2D eigenvalue weighted by Crippen LogP contribution is 2.36. The third-order valence-corrected chi connectivity index (χ3v) is 5.09. The van der Waals surface area contributed by atoms with E-state index in [1.54, 1.807) is 16.8 Å². The molecule has 0 bridgehead atoms. The maximum Gasteiger partial charge on any atom is 0.419 e. The minimum absolute atomic E-state index is 0.0166. The summed E-state index contributed by atoms with van der Waals surface area (Å²) in [6, 6.07) is 2.51. The van der Waals surface area contributed by atoms with E-state index in [4.69, 9.17) is 0 Å². The number of likely N-dealkylation sites (N-methyl/N-ethyl adjacent to an activating group) is 1. The maximum absolute atomic E-state index is 13.2. The van der Waals surface area contributed by atoms with Crippen molar-refractivity contribution in [1.82, 2.24) is 15.2 Å². The predicted octanol–water partition coefficient (Wildman–Crippen LogP) is 2.14. The second-order valence-corrected chi connectivity index (χ2v) is 6.75. The van der Waals surface area contributed by atoms with Gasteiger partial charge in [0.1, 0.15) is 5.82 Å². The van der Waals surface area contributed by atoms with Gasteiger partial charge in [0.15, 0.2) is 0 Å². The maximum atomic E-state index is 13.2. The number of rotatable bonds is 3. The Kier molecular flexibility index (Phi) is 5.17. The molecule has 8 heteroatoms. The summed E-state index contributed by atoms with van der Waals surface area (Å²) in [4.78, 5) is 20.1. The first kappa shape index (κ1) is 18.0. The Morgan fingerprint density at radius 2 is 2.20 bits per heavy atom. The molecular formula is C17H23F3N4O. The lowest BCUT2D eigenvalue weighted by Crippen LogP contribution is -2.47. The Bertz CT molecular complexity index is 616. The molecule has 0 saturated carbocycles. The van der Waals surface area contributed by atoms with E-state index in [0.717, 1.165) is 25.6 Å². The Balaban J connectivity index is 1.74. The number of nitrogens with one attached hydrogen (secondary N) is 1. The number of carbonyl (C=O) groups is 1. The number of pyridine rings is 1. The molecular weight excluding hydrogens is 333 g/mol. The number of piperidine rings is 1. The van der Waals surface area contributed by atoms with Gasteiger partial charge in [0, 0.05) is 38.9 Å². The SMILES string of the molecule is CN(C(=O)[C@@H]1CCCN(c2ncccc2C(F)(F)F)C1)[C@H]1CCNC1. The van der Waals surface area contributed by atoms with E-state index < -0.39 is 11.7 Å². The number of aromatic nitrogens is 1. The van der Waals surface area contributed by atoms with Crippen molar-refractivity contribution < 1.29 is 18.0 Å². The van der Waals surface area contributed by atoms with Gasteiger partial charge in [0.2, 0.25) is 5.91 Å². The highest BCUT2D eigenvalue weighted by molar-refractivity contribution is 5.80. The van der Waals surface area contributed by atoms with E-state index in [9.17, 15) is 18.0 Å². The Morgan fingerprint density at radius 1 is 1.40 bits per heavy atom. The van der Waals surface area contributed by atoms with E-state index >= 15 is 0 Å². The average Bonchev–Trinajstić information content (AvgIpc) is 3.14. The van der Waals surface area contributed by atoms with Crippen molar-refractivity contribution in [3.8, 4) is 0 Å². The quantitative estimate of drug-likeness (QED) is 0.902. The van der Waals surface area contributed by atoms with Crippen LogP contribution in [0.5, 0.6) is 0 Å². The monoisotopic (exact) mass is 356 g/mol. The van der Waals surface area contributed by atoms with Crippen molar-refractivity contribution >= 4 is 11.7 Å². The van der Waals surface area contributed by atoms with Gasteiger partial charge in [0.05, 0.1) is 11.5 Å². The van der Waals surface area contributed by atoms with Crippen LogP contribution in [0.4, 0.5) is 19.0 Å². The van der Waals surface area contributed by atoms with E-state index in [2.05, 4.69) is 10.3 Å². The van der Waals surface area contributed by atoms with Crippen LogP contribution in [0.3, 0.4) is 0 Å². The molecule has 1 aromatic heterocycles. The molecule has 1 aromatic rings. The lowest BCUT2D eigenvalue weighted by atomic mass is 9.95. The molecule has 2 fully saturated rings. The molecule has 5 nitrogen and oxygen atoms in total. The zero-order valence-electron chi connectivity index (χ0n) is 14.2. The summed E-state index contributed by atoms with van der Waals surface area (Å²) < 4.78 is 39.7. The molecule has 2 aliphatic heterocycles. The molecule has 1 amide bonds. The standard InChI is InChI=1S/C17H23F3N4O/c1-23(13-6-8-21-10-13)16(25)12-4-3-9-24(11-12)15-14(17(18,19)20)5-2-7-22-15/h2,5,7,12-13,21H,3-4,6,8-11H2,1H3/t12-,13+/m1/s1. The van der Waals surface area contributed by atoms with Crippen molar-refractivity contribution in [3.05, 3.63) is 23.9 Å². The second-order valence-electron chi connectivity index (χ2n) is 6.75. The highest BCUT2D eigenvalue weighted by atomic mass is 19.4. The van der Waals surface area contributed by atoms with Crippen LogP contribution in [0.1, 0.15) is 24.8 Å². The summed E-state index contributed by atoms with van der Waals surface area (Å²) >= 11 is 0. The minimum Gasteiger partial charge on any atom is -0.355 e. The summed E-state index contributed by atoms with van der Waals surface area (Å²) in [7, 11) is 1.79. The van der Waals surface area contributed by atoms with Gasteiger partial charge >= 0.3 is 6.18 Å². The van der Waals surface area contributed by atoms with Crippen molar-refractivity contribution in [1.29, 1.82) is 0 Å². The fourth-order valence-corrected chi connectivity index (χ4v) is 3.68. The number of hydrogen-bond donors (Lipinski definition) is 1. The predicted molar refractivity (Wildman–Crippen MR) is 88.2 cm³/mol. The van der Waals surface area contributed by atoms with Gasteiger partial charge in [-0.25, -0.2) is 4.98 Å². The number of halogens is 3. The normalized spacial score (nSPS) is 24.4. The Morgan fingerprint density at radius 3 is 2.88 bits per heavy atom. The van der Waals surface area contributed by atoms with Crippen LogP contribution in [0.2, 0.25) is 0 Å². The third kappa shape index (κ3) is 3.89. The average molecular weight is 356 g/mol. The van der Waals surface area contributed by atoms with Crippen LogP contribution in [0, 0.1) is 5.92 Å². The molecule has 2 aliphatic rings. The summed E-state index contributed by atoms with van der Waals surface area (Å²) in [6.45, 7) is 2.43. The smallest absolute Gasteiger partial charge is 0.355 e. The summed E-state index contributed by atoms with van der Waals surface area (Å²) in [5.74, 6) is -0.344. The largest absolute Gasteiger partial charge is 0.419 e. The van der Waals surface area contributed by atoms with Gasteiger partial charge in [-0.2, -0.15) is 13.2 Å². The summed E-state index contributed by atoms with van der Waals surface area (Å²) in [6.07, 6.45) is -0.786. The van der Waals surface area contributed by atoms with Gasteiger partial charge < -0.3 is 15.1 Å². The van der Waals surface area contributed by atoms with Crippen LogP contribution in [-0.4, -0.2) is 55.1 Å². The molecule has 2 atom stereocenters. The number of amides is 1. The number of alkyl halides is 3. The van der Waals surface area contributed by atoms with Crippen LogP contribution >= 0.6 is 0 Å². The molecule has 3 rings (SSSR count). The first-order valence-electron chi connectivity index (χ1n) is 8.62. The third-order valence-electron chi connectivity index (χ3n) is 5.09. The molecule has 0 spiro atoms. The lowest BCUT2D eigenvalue weighted by Gasteiger charge is -2.36. The van der Waals surface area contributed by atoms with Crippen LogP contribution in [0.25, 0.3) is 0 Å². The van der Waals surface area contributed by atoms with Gasteiger partial charge in [-0.05, 0) is 37.9 Å². The zero-order chi connectivity index (χ0) is 18.0. The molecule has 1 N–H and O–H groups in total. The van der Waals surface area contributed by atoms with Gasteiger partial charge in [-0.3, -0.25) is 4.79 Å². The van der Waals surface area contributed by atoms with E-state index in [0.29, 0.717) is 19.4 Å². The van der Waals surface area contributed by atoms with Gasteiger partial charge in [-0.15, -0.1) is 0 Å². The highest BCUT2D eigenvalue weighted by Gasteiger charge is 2.38. The number of anilines is 1. The molecule has 138 valence electrons. The molecule has 3 heterocycles. The second kappa shape index (κ2) is 7.19. The molecule has 2 saturated heterocycles. The molecule has 25 heavy (non-hydrogen) atoms. The Labute approximate surface area is 145 Å². The van der Waals surface area contributed by atoms with Crippen LogP contribution < -0.4 is 10.2 Å². The molecule has 0 aromatic carbocycles. The van der Waals surface area contributed by atoms with Crippen LogP contribution in [-0.2, 0) is 11.0 Å². The first-order chi connectivity index (χ1) is 11.9. The fourth-order valence-electron chi connectivity index (χ4n) is 3.68. The topological polar surface area (TPSA) is 48.5 Å². The minimum atomic E-state index is -4.45. The number of hydrogen-bond acceptors (Lipinski definition) is 4. The van der Waals surface area contributed by atoms with Crippen molar-refractivity contribution in [3.63, 3.8) is 0 Å². The molecule has 0 aliphatic carbocycles. The van der Waals surface area contributed by atoms with Gasteiger partial charge in [-0.1, -0.05) is 0 Å². The van der Waals surface area contributed by atoms with Crippen molar-refractivity contribution in [2.45, 2.75) is 31.5 Å². The fraction of sp³-hybridized carbons (Fsp3) is 0.647. The zero-order valence-corrected chi connectivity index (χ0v) is 14.2. The van der Waals surface area contributed by atoms with Crippen molar-refractivity contribution in [2.75, 3.05) is 38.1 Å². The van der Waals surface area contributed by atoms with Gasteiger partial charge in [0.25, 0.3) is 0 Å². The number of nitrogens with zero attached hydrogens (tertiary/aromatic N) is 3. The molecule has 0 unspecified atom stereocenters. The van der Waals surface area contributed by atoms with E-state index in [1.807, 2.05) is 0 Å². The first-order valence-corrected chi connectivity index (χ1v) is 8.62. The Hall–Kier alpha value is -1.83. The number of carbonyl (C=O) groups excluding carboxylic acids is 1. The van der Waals surface area contributed by atoms with Crippen LogP contribution in [0.15, 0.2) is 18.3 Å². The molecule has 0 radical (unpaired) electrons. The lowest BCUT2D eigenvalue weighted by molar-refractivity contribution is -0.137. The summed E-state index contributed by atoms with van der Waals surface area (Å²) in [5, 5.41) is 3.23.